The van der Waals surface area contributed by atoms with Gasteiger partial charge in [-0.05, 0) is 106 Å². The minimum atomic E-state index is -0.408. The molecular weight excluding hydrogens is 641 g/mol. The van der Waals surface area contributed by atoms with Gasteiger partial charge >= 0.3 is 0 Å². The van der Waals surface area contributed by atoms with Crippen LogP contribution in [0.25, 0.3) is 98.7 Å². The maximum absolute atomic E-state index is 9.10. The van der Waals surface area contributed by atoms with E-state index in [1.165, 1.54) is 0 Å². The highest BCUT2D eigenvalue weighted by molar-refractivity contribution is 6.28. The fraction of sp³-hybridized carbons (Fsp3) is 0. The van der Waals surface area contributed by atoms with E-state index in [1.807, 2.05) is 36.4 Å². The number of rotatable bonds is 4. The molecule has 1 aliphatic heterocycles. The summed E-state index contributed by atoms with van der Waals surface area (Å²) in [5, 5.41) is 7.63. The monoisotopic (exact) mass is 677 g/mol. The van der Waals surface area contributed by atoms with Gasteiger partial charge in [0.1, 0.15) is 11.5 Å². The van der Waals surface area contributed by atoms with Gasteiger partial charge in [0.05, 0.1) is 6.85 Å². The Balaban J connectivity index is 1.16. The Morgan fingerprint density at radius 1 is 0.358 bits per heavy atom. The van der Waals surface area contributed by atoms with Crippen LogP contribution in [0, 0.1) is 0 Å². The Morgan fingerprint density at radius 2 is 1.06 bits per heavy atom. The number of hydrogen-bond acceptors (Lipinski definition) is 1. The topological polar surface area (TPSA) is 9.23 Å². The van der Waals surface area contributed by atoms with Gasteiger partial charge in [0, 0.05) is 16.5 Å². The molecule has 0 unspecified atom stereocenters. The fourth-order valence-corrected chi connectivity index (χ4v) is 8.39. The second kappa shape index (κ2) is 11.8. The second-order valence-corrected chi connectivity index (χ2v) is 13.6. The van der Waals surface area contributed by atoms with E-state index < -0.39 is 6.04 Å². The van der Waals surface area contributed by atoms with Gasteiger partial charge in [-0.25, -0.2) is 0 Å². The average molecular weight is 678 g/mol. The highest BCUT2D eigenvalue weighted by Crippen LogP contribution is 2.52. The molecule has 0 aliphatic carbocycles. The van der Waals surface area contributed by atoms with E-state index in [0.29, 0.717) is 5.56 Å². The zero-order valence-corrected chi connectivity index (χ0v) is 28.5. The molecular formula is C52H32O. The van der Waals surface area contributed by atoms with Crippen molar-refractivity contribution in [1.82, 2.24) is 0 Å². The van der Waals surface area contributed by atoms with Gasteiger partial charge in [0.15, 0.2) is 0 Å². The molecule has 1 heteroatoms. The molecule has 1 nitrogen and oxygen atoms in total. The zero-order valence-electron chi connectivity index (χ0n) is 33.5. The van der Waals surface area contributed by atoms with E-state index in [2.05, 4.69) is 127 Å². The summed E-state index contributed by atoms with van der Waals surface area (Å²) in [7, 11) is 0. The second-order valence-electron chi connectivity index (χ2n) is 13.6. The summed E-state index contributed by atoms with van der Waals surface area (Å²) in [4.78, 5) is 0. The standard InChI is InChI=1S/C52H32O/c1-3-13-33(14-4-1)37-27-30-47-46(32-37)44-24-12-18-36-26-28-41(52(53-47)50(36)44)38-19-11-20-39(31-38)48-42-22-9-10-23-43(42)49(35-16-5-2-6-17-35)51-40-21-8-7-15-34(40)25-29-45(48)51/h1-32H/i2D,5D,6D,16D,17D. The Bertz CT molecular complexity index is 3340. The molecule has 1 heterocycles. The lowest BCUT2D eigenvalue weighted by Gasteiger charge is -2.24. The van der Waals surface area contributed by atoms with Crippen molar-refractivity contribution in [2.45, 2.75) is 0 Å². The Morgan fingerprint density at radius 3 is 1.92 bits per heavy atom. The van der Waals surface area contributed by atoms with Crippen LogP contribution in [0.2, 0.25) is 0 Å². The van der Waals surface area contributed by atoms with E-state index in [1.54, 1.807) is 0 Å². The lowest BCUT2D eigenvalue weighted by atomic mass is 9.83. The number of benzene rings is 10. The predicted octanol–water partition coefficient (Wildman–Crippen LogP) is 14.7. The molecule has 0 atom stereocenters. The van der Waals surface area contributed by atoms with Crippen molar-refractivity contribution in [2.24, 2.45) is 0 Å². The number of ether oxygens (including phenoxy) is 1. The van der Waals surface area contributed by atoms with Crippen molar-refractivity contribution in [3.63, 3.8) is 0 Å². The Hall–Kier alpha value is -6.96. The molecule has 0 amide bonds. The molecule has 0 bridgehead atoms. The van der Waals surface area contributed by atoms with E-state index >= 15 is 0 Å². The van der Waals surface area contributed by atoms with Crippen molar-refractivity contribution in [1.29, 1.82) is 0 Å². The van der Waals surface area contributed by atoms with E-state index in [-0.39, 0.29) is 29.7 Å². The fourth-order valence-electron chi connectivity index (χ4n) is 8.39. The van der Waals surface area contributed by atoms with Crippen LogP contribution in [-0.2, 0) is 0 Å². The summed E-state index contributed by atoms with van der Waals surface area (Å²) in [5.41, 5.74) is 9.30. The predicted molar refractivity (Wildman–Crippen MR) is 224 cm³/mol. The molecule has 10 aromatic rings. The van der Waals surface area contributed by atoms with Crippen LogP contribution in [0.3, 0.4) is 0 Å². The molecule has 53 heavy (non-hydrogen) atoms. The molecule has 10 aromatic carbocycles. The van der Waals surface area contributed by atoms with Crippen molar-refractivity contribution in [3.05, 3.63) is 194 Å². The van der Waals surface area contributed by atoms with Crippen LogP contribution in [0.1, 0.15) is 6.85 Å². The SMILES string of the molecule is [2H]c1c([2H])c([2H])c(-c2c3ccccc3c(-c3cccc(-c4ccc5cccc6c5c4Oc4ccc(-c5ccccc5)cc4-6)c3)c3ccc4ccccc4c23)c([2H])c1[2H]. The molecule has 0 radical (unpaired) electrons. The first-order chi connectivity index (χ1) is 28.4. The van der Waals surface area contributed by atoms with Gasteiger partial charge in [0.2, 0.25) is 0 Å². The van der Waals surface area contributed by atoms with Crippen molar-refractivity contribution in [2.75, 3.05) is 0 Å². The average Bonchev–Trinajstić information content (AvgIpc) is 3.27. The summed E-state index contributed by atoms with van der Waals surface area (Å²) in [6.07, 6.45) is 0. The molecule has 0 aromatic heterocycles. The molecule has 0 fully saturated rings. The van der Waals surface area contributed by atoms with Crippen molar-refractivity contribution >= 4 is 43.1 Å². The van der Waals surface area contributed by atoms with Gasteiger partial charge in [-0.3, -0.25) is 0 Å². The highest BCUT2D eigenvalue weighted by Gasteiger charge is 2.25. The van der Waals surface area contributed by atoms with Crippen LogP contribution in [0.4, 0.5) is 0 Å². The number of hydrogen-bond donors (Lipinski definition) is 0. The van der Waals surface area contributed by atoms with Gasteiger partial charge in [-0.2, -0.15) is 0 Å². The van der Waals surface area contributed by atoms with Gasteiger partial charge < -0.3 is 4.74 Å². The lowest BCUT2D eigenvalue weighted by molar-refractivity contribution is 0.489. The summed E-state index contributed by atoms with van der Waals surface area (Å²) in [6.45, 7) is 0. The minimum Gasteiger partial charge on any atom is -0.455 e. The molecule has 0 saturated carbocycles. The molecule has 0 spiro atoms. The molecule has 11 rings (SSSR count). The molecule has 0 saturated heterocycles. The summed E-state index contributed by atoms with van der Waals surface area (Å²) in [6, 6.07) is 54.9. The largest absolute Gasteiger partial charge is 0.455 e. The van der Waals surface area contributed by atoms with Crippen molar-refractivity contribution < 1.29 is 11.6 Å². The molecule has 1 aliphatic rings. The smallest absolute Gasteiger partial charge is 0.143 e. The first-order valence-electron chi connectivity index (χ1n) is 20.3. The summed E-state index contributed by atoms with van der Waals surface area (Å²) in [5.74, 6) is 1.64. The van der Waals surface area contributed by atoms with Gasteiger partial charge in [0.25, 0.3) is 0 Å². The zero-order chi connectivity index (χ0) is 39.2. The van der Waals surface area contributed by atoms with Crippen molar-refractivity contribution in [3.8, 4) is 67.1 Å². The van der Waals surface area contributed by atoms with Crippen LogP contribution in [0.5, 0.6) is 11.5 Å². The van der Waals surface area contributed by atoms with E-state index in [0.717, 1.165) is 99.1 Å². The maximum Gasteiger partial charge on any atom is 0.143 e. The third-order valence-corrected chi connectivity index (χ3v) is 10.7. The first kappa shape index (κ1) is 25.1. The first-order valence-corrected chi connectivity index (χ1v) is 17.8. The normalized spacial score (nSPS) is 13.2. The van der Waals surface area contributed by atoms with Crippen LogP contribution < -0.4 is 4.74 Å². The summed E-state index contributed by atoms with van der Waals surface area (Å²) < 4.78 is 50.7. The Kier molecular flexibility index (Phi) is 5.58. The quantitative estimate of drug-likeness (QED) is 0.133. The third-order valence-electron chi connectivity index (χ3n) is 10.7. The van der Waals surface area contributed by atoms with Crippen LogP contribution in [-0.4, -0.2) is 0 Å². The van der Waals surface area contributed by atoms with Crippen LogP contribution >= 0.6 is 0 Å². The molecule has 246 valence electrons. The van der Waals surface area contributed by atoms with Crippen LogP contribution in [0.15, 0.2) is 194 Å². The minimum absolute atomic E-state index is 0.197. The van der Waals surface area contributed by atoms with E-state index in [4.69, 9.17) is 11.6 Å². The van der Waals surface area contributed by atoms with Gasteiger partial charge in [-0.15, -0.1) is 0 Å². The van der Waals surface area contributed by atoms with Gasteiger partial charge in [-0.1, -0.05) is 170 Å². The molecule has 0 N–H and O–H groups in total. The number of fused-ring (bicyclic) bond motifs is 6. The maximum atomic E-state index is 9.10. The van der Waals surface area contributed by atoms with E-state index in [9.17, 15) is 0 Å². The Labute approximate surface area is 315 Å². The third kappa shape index (κ3) is 4.64. The highest BCUT2D eigenvalue weighted by atomic mass is 16.5. The lowest BCUT2D eigenvalue weighted by Crippen LogP contribution is -1.99. The summed E-state index contributed by atoms with van der Waals surface area (Å²) >= 11 is 0.